The Morgan fingerprint density at radius 1 is 0.321 bits per heavy atom. The van der Waals surface area contributed by atoms with Crippen molar-refractivity contribution in [3.63, 3.8) is 0 Å². The SMILES string of the molecule is c1ccc(-c2cccc(-c3nc(-c4ccc(-c5ccc6ccccc6c5)cc4)nc(-c4cccc5ccc6nc(-c7ccccc7)oc6c45)n3)c2)cc1. The lowest BCUT2D eigenvalue weighted by molar-refractivity contribution is 0.623. The predicted molar refractivity (Wildman–Crippen MR) is 215 cm³/mol. The molecule has 0 N–H and O–H groups in total. The quantitative estimate of drug-likeness (QED) is 0.175. The molecule has 5 nitrogen and oxygen atoms in total. The van der Waals surface area contributed by atoms with Crippen molar-refractivity contribution in [1.29, 1.82) is 0 Å². The van der Waals surface area contributed by atoms with E-state index in [4.69, 9.17) is 24.4 Å². The topological polar surface area (TPSA) is 64.7 Å². The van der Waals surface area contributed by atoms with E-state index in [2.05, 4.69) is 133 Å². The molecule has 0 aliphatic heterocycles. The van der Waals surface area contributed by atoms with Crippen LogP contribution in [0.3, 0.4) is 0 Å². The van der Waals surface area contributed by atoms with E-state index >= 15 is 0 Å². The van der Waals surface area contributed by atoms with E-state index in [0.29, 0.717) is 28.9 Å². The van der Waals surface area contributed by atoms with Crippen molar-refractivity contribution in [1.82, 2.24) is 19.9 Å². The summed E-state index contributed by atoms with van der Waals surface area (Å²) < 4.78 is 6.52. The summed E-state index contributed by atoms with van der Waals surface area (Å²) in [6, 6.07) is 62.5. The molecule has 248 valence electrons. The molecule has 0 bridgehead atoms. The molecule has 0 atom stereocenters. The van der Waals surface area contributed by atoms with Gasteiger partial charge < -0.3 is 4.42 Å². The van der Waals surface area contributed by atoms with Crippen molar-refractivity contribution in [3.05, 3.63) is 182 Å². The standard InChI is InChI=1S/C48H30N4O/c1-3-11-31(12-4-1)38-18-9-19-40(30-38)46-50-45(35-24-21-33(22-25-35)39-26-23-32-13-7-8-16-37(32)29-39)51-47(52-46)41-20-10-17-34-27-28-42-44(43(34)41)53-48(49-42)36-14-5-2-6-15-36/h1-30H. The number of benzene rings is 8. The summed E-state index contributed by atoms with van der Waals surface area (Å²) in [6.45, 7) is 0. The van der Waals surface area contributed by atoms with E-state index in [-0.39, 0.29) is 0 Å². The van der Waals surface area contributed by atoms with E-state index in [1.165, 1.54) is 10.8 Å². The summed E-state index contributed by atoms with van der Waals surface area (Å²) in [7, 11) is 0. The molecule has 53 heavy (non-hydrogen) atoms. The summed E-state index contributed by atoms with van der Waals surface area (Å²) in [6.07, 6.45) is 0. The van der Waals surface area contributed by atoms with Gasteiger partial charge in [0.2, 0.25) is 5.89 Å². The minimum Gasteiger partial charge on any atom is -0.435 e. The lowest BCUT2D eigenvalue weighted by atomic mass is 10.00. The minimum atomic E-state index is 0.560. The molecule has 0 saturated heterocycles. The van der Waals surface area contributed by atoms with E-state index in [9.17, 15) is 0 Å². The van der Waals surface area contributed by atoms with Gasteiger partial charge in [-0.3, -0.25) is 0 Å². The van der Waals surface area contributed by atoms with E-state index in [1.54, 1.807) is 0 Å². The second kappa shape index (κ2) is 12.8. The average Bonchev–Trinajstić information content (AvgIpc) is 3.69. The highest BCUT2D eigenvalue weighted by Crippen LogP contribution is 2.37. The first-order valence-electron chi connectivity index (χ1n) is 17.6. The smallest absolute Gasteiger partial charge is 0.227 e. The van der Waals surface area contributed by atoms with Gasteiger partial charge in [-0.05, 0) is 68.7 Å². The lowest BCUT2D eigenvalue weighted by Crippen LogP contribution is -2.01. The maximum Gasteiger partial charge on any atom is 0.227 e. The first-order valence-corrected chi connectivity index (χ1v) is 17.6. The Balaban J connectivity index is 1.14. The number of oxazole rings is 1. The zero-order valence-corrected chi connectivity index (χ0v) is 28.5. The fourth-order valence-electron chi connectivity index (χ4n) is 7.05. The molecule has 0 saturated carbocycles. The van der Waals surface area contributed by atoms with Crippen molar-refractivity contribution in [2.75, 3.05) is 0 Å². The van der Waals surface area contributed by atoms with Crippen LogP contribution in [0.4, 0.5) is 0 Å². The maximum absolute atomic E-state index is 6.52. The number of fused-ring (bicyclic) bond motifs is 4. The first-order chi connectivity index (χ1) is 26.2. The second-order valence-electron chi connectivity index (χ2n) is 13.1. The van der Waals surface area contributed by atoms with Crippen LogP contribution in [0.2, 0.25) is 0 Å². The van der Waals surface area contributed by atoms with Crippen LogP contribution in [0.1, 0.15) is 0 Å². The Bertz CT molecular complexity index is 2940. The lowest BCUT2D eigenvalue weighted by Gasteiger charge is -2.12. The van der Waals surface area contributed by atoms with Crippen LogP contribution < -0.4 is 0 Å². The van der Waals surface area contributed by atoms with Crippen LogP contribution in [-0.2, 0) is 0 Å². The van der Waals surface area contributed by atoms with Gasteiger partial charge in [0.1, 0.15) is 5.52 Å². The Kier molecular flexibility index (Phi) is 7.40. The van der Waals surface area contributed by atoms with Crippen molar-refractivity contribution in [2.45, 2.75) is 0 Å². The molecule has 0 aliphatic rings. The van der Waals surface area contributed by atoms with Crippen molar-refractivity contribution in [3.8, 4) is 67.9 Å². The summed E-state index contributed by atoms with van der Waals surface area (Å²) >= 11 is 0. The van der Waals surface area contributed by atoms with Crippen LogP contribution in [0.15, 0.2) is 186 Å². The van der Waals surface area contributed by atoms with Gasteiger partial charge in [-0.15, -0.1) is 0 Å². The first kappa shape index (κ1) is 30.6. The number of nitrogens with zero attached hydrogens (tertiary/aromatic N) is 4. The Morgan fingerprint density at radius 2 is 0.868 bits per heavy atom. The third-order valence-corrected chi connectivity index (χ3v) is 9.75. The maximum atomic E-state index is 6.52. The van der Waals surface area contributed by atoms with Crippen LogP contribution in [0.5, 0.6) is 0 Å². The van der Waals surface area contributed by atoms with Gasteiger partial charge in [0.25, 0.3) is 0 Å². The number of rotatable bonds is 6. The molecule has 10 rings (SSSR count). The molecule has 5 heteroatoms. The predicted octanol–water partition coefficient (Wildman–Crippen LogP) is 12.3. The van der Waals surface area contributed by atoms with Gasteiger partial charge >= 0.3 is 0 Å². The number of aromatic nitrogens is 4. The van der Waals surface area contributed by atoms with Gasteiger partial charge in [-0.2, -0.15) is 0 Å². The third-order valence-electron chi connectivity index (χ3n) is 9.75. The summed E-state index contributed by atoms with van der Waals surface area (Å²) in [5, 5.41) is 4.36. The fraction of sp³-hybridized carbons (Fsp3) is 0. The molecule has 2 aromatic heterocycles. The van der Waals surface area contributed by atoms with Crippen molar-refractivity contribution in [2.24, 2.45) is 0 Å². The Hall–Kier alpha value is -7.24. The highest BCUT2D eigenvalue weighted by Gasteiger charge is 2.19. The Morgan fingerprint density at radius 3 is 1.68 bits per heavy atom. The minimum absolute atomic E-state index is 0.560. The van der Waals surface area contributed by atoms with Gasteiger partial charge in [-0.1, -0.05) is 152 Å². The molecule has 0 fully saturated rings. The molecule has 0 radical (unpaired) electrons. The average molecular weight is 679 g/mol. The van der Waals surface area contributed by atoms with E-state index in [1.807, 2.05) is 48.5 Å². The monoisotopic (exact) mass is 678 g/mol. The van der Waals surface area contributed by atoms with Crippen molar-refractivity contribution >= 4 is 32.6 Å². The molecule has 10 aromatic rings. The van der Waals surface area contributed by atoms with Crippen LogP contribution >= 0.6 is 0 Å². The molecule has 0 spiro atoms. The summed E-state index contributed by atoms with van der Waals surface area (Å²) in [5.41, 5.74) is 9.55. The Labute approximate surface area is 305 Å². The zero-order valence-electron chi connectivity index (χ0n) is 28.5. The molecule has 0 amide bonds. The summed E-state index contributed by atoms with van der Waals surface area (Å²) in [4.78, 5) is 20.3. The number of hydrogen-bond donors (Lipinski definition) is 0. The largest absolute Gasteiger partial charge is 0.435 e. The molecule has 8 aromatic carbocycles. The molecular weight excluding hydrogens is 649 g/mol. The van der Waals surface area contributed by atoms with E-state index < -0.39 is 0 Å². The molecule has 0 aliphatic carbocycles. The summed E-state index contributed by atoms with van der Waals surface area (Å²) in [5.74, 6) is 2.31. The van der Waals surface area contributed by atoms with Gasteiger partial charge in [0, 0.05) is 27.6 Å². The van der Waals surface area contributed by atoms with Crippen LogP contribution in [0.25, 0.3) is 101 Å². The van der Waals surface area contributed by atoms with Crippen LogP contribution in [-0.4, -0.2) is 19.9 Å². The zero-order chi connectivity index (χ0) is 35.1. The molecular formula is C48H30N4O. The van der Waals surface area contributed by atoms with Gasteiger partial charge in [0.15, 0.2) is 23.1 Å². The fourth-order valence-corrected chi connectivity index (χ4v) is 7.05. The van der Waals surface area contributed by atoms with Crippen LogP contribution in [0, 0.1) is 0 Å². The second-order valence-corrected chi connectivity index (χ2v) is 13.1. The van der Waals surface area contributed by atoms with Gasteiger partial charge in [0.05, 0.1) is 0 Å². The van der Waals surface area contributed by atoms with Gasteiger partial charge in [-0.25, -0.2) is 19.9 Å². The van der Waals surface area contributed by atoms with E-state index in [0.717, 1.165) is 60.8 Å². The van der Waals surface area contributed by atoms with Crippen molar-refractivity contribution < 1.29 is 4.42 Å². The molecule has 2 heterocycles. The number of hydrogen-bond acceptors (Lipinski definition) is 5. The molecule has 0 unspecified atom stereocenters. The highest BCUT2D eigenvalue weighted by molar-refractivity contribution is 6.10. The normalized spacial score (nSPS) is 11.4. The third kappa shape index (κ3) is 5.71. The highest BCUT2D eigenvalue weighted by atomic mass is 16.3.